The van der Waals surface area contributed by atoms with E-state index in [4.69, 9.17) is 10.2 Å². The summed E-state index contributed by atoms with van der Waals surface area (Å²) in [5.41, 5.74) is 0. The third kappa shape index (κ3) is 37.7. The molecule has 0 heterocycles. The quantitative estimate of drug-likeness (QED) is 0.451. The van der Waals surface area contributed by atoms with Crippen molar-refractivity contribution >= 4 is 6.08 Å². The van der Waals surface area contributed by atoms with Gasteiger partial charge >= 0.3 is 0 Å². The summed E-state index contributed by atoms with van der Waals surface area (Å²) in [5.74, 6) is 0.898. The smallest absolute Gasteiger partial charge is 0.222 e. The summed E-state index contributed by atoms with van der Waals surface area (Å²) < 4.78 is 0. The zero-order valence-corrected chi connectivity index (χ0v) is 6.40. The first-order chi connectivity index (χ1) is 4.18. The van der Waals surface area contributed by atoms with Gasteiger partial charge in [0.1, 0.15) is 0 Å². The second-order valence-corrected chi connectivity index (χ2v) is 2.28. The Morgan fingerprint density at radius 1 is 1.56 bits per heavy atom. The van der Waals surface area contributed by atoms with Crippen LogP contribution in [0.2, 0.25) is 0 Å². The molecular formula is C7H15NO. The molecule has 0 amide bonds. The van der Waals surface area contributed by atoms with Crippen LogP contribution in [0.4, 0.5) is 0 Å². The maximum atomic E-state index is 8.35. The summed E-state index contributed by atoms with van der Waals surface area (Å²) in [7, 11) is 0. The molecule has 0 fully saturated rings. The van der Waals surface area contributed by atoms with E-state index in [-0.39, 0.29) is 0 Å². The van der Waals surface area contributed by atoms with Gasteiger partial charge in [-0.1, -0.05) is 33.6 Å². The summed E-state index contributed by atoms with van der Waals surface area (Å²) in [6, 6.07) is 0. The molecule has 0 aromatic rings. The number of isocyanates is 1. The van der Waals surface area contributed by atoms with E-state index >= 15 is 0 Å². The normalized spacial score (nSPS) is 7.56. The van der Waals surface area contributed by atoms with E-state index in [0.717, 1.165) is 12.0 Å². The second kappa shape index (κ2) is 10.4. The van der Waals surface area contributed by atoms with Gasteiger partial charge in [-0.25, -0.2) is 10.2 Å². The molecule has 0 aliphatic rings. The van der Waals surface area contributed by atoms with E-state index in [1.54, 1.807) is 0 Å². The van der Waals surface area contributed by atoms with Crippen LogP contribution in [0.1, 0.15) is 33.6 Å². The van der Waals surface area contributed by atoms with Gasteiger partial charge in [0.15, 0.2) is 0 Å². The molecule has 0 rings (SSSR count). The second-order valence-electron chi connectivity index (χ2n) is 2.28. The SMILES string of the molecule is CCCC(C)C.N=C=O. The molecule has 0 aromatic carbocycles. The highest BCUT2D eigenvalue weighted by molar-refractivity contribution is 5.26. The van der Waals surface area contributed by atoms with E-state index < -0.39 is 0 Å². The average molecular weight is 129 g/mol. The van der Waals surface area contributed by atoms with Gasteiger partial charge < -0.3 is 0 Å². The van der Waals surface area contributed by atoms with E-state index in [0.29, 0.717) is 0 Å². The highest BCUT2D eigenvalue weighted by Crippen LogP contribution is 2.00. The van der Waals surface area contributed by atoms with Crippen molar-refractivity contribution in [3.8, 4) is 0 Å². The fraction of sp³-hybridized carbons (Fsp3) is 0.857. The Bertz CT molecular complexity index is 73.0. The topological polar surface area (TPSA) is 40.9 Å². The van der Waals surface area contributed by atoms with Gasteiger partial charge in [-0.3, -0.25) is 0 Å². The van der Waals surface area contributed by atoms with Crippen LogP contribution >= 0.6 is 0 Å². The van der Waals surface area contributed by atoms with Gasteiger partial charge in [-0.05, 0) is 5.92 Å². The van der Waals surface area contributed by atoms with Crippen LogP contribution in [0.25, 0.3) is 0 Å². The maximum absolute atomic E-state index is 8.35. The Morgan fingerprint density at radius 2 is 1.89 bits per heavy atom. The molecule has 0 bridgehead atoms. The lowest BCUT2D eigenvalue weighted by Crippen LogP contribution is -1.81. The minimum Gasteiger partial charge on any atom is -0.222 e. The van der Waals surface area contributed by atoms with Crippen molar-refractivity contribution in [2.24, 2.45) is 5.92 Å². The predicted octanol–water partition coefficient (Wildman–Crippen LogP) is 2.34. The van der Waals surface area contributed by atoms with Gasteiger partial charge in [0, 0.05) is 0 Å². The first-order valence-electron chi connectivity index (χ1n) is 3.22. The van der Waals surface area contributed by atoms with Crippen molar-refractivity contribution in [3.05, 3.63) is 0 Å². The van der Waals surface area contributed by atoms with Gasteiger partial charge in [0.2, 0.25) is 6.08 Å². The molecule has 0 unspecified atom stereocenters. The van der Waals surface area contributed by atoms with Gasteiger partial charge in [0.25, 0.3) is 0 Å². The van der Waals surface area contributed by atoms with Crippen LogP contribution in [-0.4, -0.2) is 6.08 Å². The molecule has 0 saturated heterocycles. The lowest BCUT2D eigenvalue weighted by molar-refractivity contribution is 0.563. The predicted molar refractivity (Wildman–Crippen MR) is 38.2 cm³/mol. The molecule has 9 heavy (non-hydrogen) atoms. The molecule has 1 N–H and O–H groups in total. The third-order valence-corrected chi connectivity index (χ3v) is 0.866. The lowest BCUT2D eigenvalue weighted by Gasteiger charge is -1.95. The monoisotopic (exact) mass is 129 g/mol. The summed E-state index contributed by atoms with van der Waals surface area (Å²) in [5, 5.41) is 5.40. The molecule has 0 radical (unpaired) electrons. The fourth-order valence-corrected chi connectivity index (χ4v) is 0.577. The zero-order valence-electron chi connectivity index (χ0n) is 6.40. The minimum atomic E-state index is 0.750. The largest absolute Gasteiger partial charge is 0.231 e. The highest BCUT2D eigenvalue weighted by Gasteiger charge is 1.85. The van der Waals surface area contributed by atoms with Crippen molar-refractivity contribution in [2.45, 2.75) is 33.6 Å². The van der Waals surface area contributed by atoms with Crippen molar-refractivity contribution in [2.75, 3.05) is 0 Å². The Labute approximate surface area is 56.8 Å². The Hall–Kier alpha value is -0.620. The van der Waals surface area contributed by atoms with E-state index in [2.05, 4.69) is 20.8 Å². The lowest BCUT2D eigenvalue weighted by atomic mass is 10.1. The fourth-order valence-electron chi connectivity index (χ4n) is 0.577. The molecule has 0 aliphatic heterocycles. The standard InChI is InChI=1S/C6H14.CHNO/c1-4-5-6(2)3;2-1-3/h6H,4-5H2,1-3H3;2H. The van der Waals surface area contributed by atoms with E-state index in [9.17, 15) is 0 Å². The van der Waals surface area contributed by atoms with Crippen LogP contribution in [0.15, 0.2) is 0 Å². The van der Waals surface area contributed by atoms with Crippen LogP contribution in [0.3, 0.4) is 0 Å². The minimum absolute atomic E-state index is 0.750. The summed E-state index contributed by atoms with van der Waals surface area (Å²) in [6.45, 7) is 6.73. The van der Waals surface area contributed by atoms with Gasteiger partial charge in [-0.15, -0.1) is 0 Å². The molecule has 54 valence electrons. The number of hydrogen-bond donors (Lipinski definition) is 1. The summed E-state index contributed by atoms with van der Waals surface area (Å²) >= 11 is 0. The highest BCUT2D eigenvalue weighted by atomic mass is 16.1. The average Bonchev–Trinajstić information content (AvgIpc) is 1.67. The molecule has 0 atom stereocenters. The van der Waals surface area contributed by atoms with Crippen molar-refractivity contribution in [3.63, 3.8) is 0 Å². The molecule has 0 aliphatic carbocycles. The maximum Gasteiger partial charge on any atom is 0.231 e. The number of rotatable bonds is 2. The Morgan fingerprint density at radius 3 is 1.89 bits per heavy atom. The molecule has 0 spiro atoms. The third-order valence-electron chi connectivity index (χ3n) is 0.866. The Kier molecular flexibility index (Phi) is 12.9. The number of hydrogen-bond acceptors (Lipinski definition) is 2. The molecule has 0 saturated carbocycles. The first kappa shape index (κ1) is 11.2. The van der Waals surface area contributed by atoms with Gasteiger partial charge in [-0.2, -0.15) is 0 Å². The zero-order chi connectivity index (χ0) is 7.70. The first-order valence-corrected chi connectivity index (χ1v) is 3.22. The Balaban J connectivity index is 0. The number of nitrogens with one attached hydrogen (secondary N) is 1. The van der Waals surface area contributed by atoms with Crippen molar-refractivity contribution < 1.29 is 4.79 Å². The number of carbonyl (C=O) groups excluding carboxylic acids is 1. The van der Waals surface area contributed by atoms with E-state index in [1.807, 2.05) is 0 Å². The van der Waals surface area contributed by atoms with Crippen LogP contribution in [-0.2, 0) is 4.79 Å². The van der Waals surface area contributed by atoms with Crippen molar-refractivity contribution in [1.82, 2.24) is 0 Å². The van der Waals surface area contributed by atoms with Crippen LogP contribution in [0, 0.1) is 11.3 Å². The van der Waals surface area contributed by atoms with Crippen LogP contribution in [0.5, 0.6) is 0 Å². The van der Waals surface area contributed by atoms with Crippen LogP contribution < -0.4 is 0 Å². The summed E-state index contributed by atoms with van der Waals surface area (Å²) in [4.78, 5) is 8.35. The van der Waals surface area contributed by atoms with Gasteiger partial charge in [0.05, 0.1) is 0 Å². The van der Waals surface area contributed by atoms with E-state index in [1.165, 1.54) is 12.8 Å². The molecular weight excluding hydrogens is 114 g/mol. The summed E-state index contributed by atoms with van der Waals surface area (Å²) in [6.07, 6.45) is 3.46. The molecule has 2 heteroatoms. The van der Waals surface area contributed by atoms with Crippen molar-refractivity contribution in [1.29, 1.82) is 5.41 Å². The molecule has 2 nitrogen and oxygen atoms in total. The molecule has 0 aromatic heterocycles.